The van der Waals surface area contributed by atoms with Gasteiger partial charge in [-0.25, -0.2) is 0 Å². The van der Waals surface area contributed by atoms with Crippen LogP contribution >= 0.6 is 0 Å². The first kappa shape index (κ1) is 18.9. The molecule has 1 aromatic carbocycles. The maximum Gasteiger partial charge on any atom is 0.238 e. The first-order valence-corrected chi connectivity index (χ1v) is 9.76. The van der Waals surface area contributed by atoms with Crippen LogP contribution in [0, 0.1) is 11.3 Å². The van der Waals surface area contributed by atoms with Crippen LogP contribution in [-0.2, 0) is 20.7 Å². The Hall–Kier alpha value is -1.88. The van der Waals surface area contributed by atoms with Crippen LogP contribution in [0.15, 0.2) is 30.3 Å². The molecule has 0 aromatic heterocycles. The zero-order chi connectivity index (χ0) is 18.4. The number of nitrogens with zero attached hydrogens (tertiary/aromatic N) is 1. The van der Waals surface area contributed by atoms with Gasteiger partial charge in [-0.2, -0.15) is 0 Å². The van der Waals surface area contributed by atoms with E-state index in [2.05, 4.69) is 29.6 Å². The van der Waals surface area contributed by atoms with Gasteiger partial charge in [0.05, 0.1) is 0 Å². The summed E-state index contributed by atoms with van der Waals surface area (Å²) in [4.78, 5) is 27.3. The Labute approximate surface area is 156 Å². The fourth-order valence-electron chi connectivity index (χ4n) is 3.84. The summed E-state index contributed by atoms with van der Waals surface area (Å²) < 4.78 is 4.99. The average molecular weight is 358 g/mol. The third-order valence-corrected chi connectivity index (χ3v) is 5.67. The smallest absolute Gasteiger partial charge is 0.238 e. The van der Waals surface area contributed by atoms with Crippen molar-refractivity contribution < 1.29 is 14.3 Å². The molecule has 1 N–H and O–H groups in total. The number of piperidine rings is 1. The molecule has 0 radical (unpaired) electrons. The molecule has 1 saturated heterocycles. The van der Waals surface area contributed by atoms with Gasteiger partial charge >= 0.3 is 0 Å². The van der Waals surface area contributed by atoms with Gasteiger partial charge < -0.3 is 15.0 Å². The zero-order valence-electron chi connectivity index (χ0n) is 15.7. The van der Waals surface area contributed by atoms with E-state index >= 15 is 0 Å². The summed E-state index contributed by atoms with van der Waals surface area (Å²) in [5.74, 6) is 0.574. The minimum Gasteiger partial charge on any atom is -0.385 e. The van der Waals surface area contributed by atoms with E-state index in [1.807, 2.05) is 11.0 Å². The lowest BCUT2D eigenvalue weighted by Gasteiger charge is -2.34. The lowest BCUT2D eigenvalue weighted by atomic mass is 9.89. The second-order valence-electron chi connectivity index (χ2n) is 7.61. The number of ether oxygens (including phenoxy) is 1. The van der Waals surface area contributed by atoms with Gasteiger partial charge in [0.25, 0.3) is 0 Å². The van der Waals surface area contributed by atoms with Crippen molar-refractivity contribution in [2.24, 2.45) is 11.3 Å². The van der Waals surface area contributed by atoms with E-state index in [1.165, 1.54) is 5.56 Å². The SMILES string of the molecule is COCCCNC(=O)C1(C(=O)N2CCC(Cc3ccccc3)CC2)CC1. The largest absolute Gasteiger partial charge is 0.385 e. The number of hydrogen-bond donors (Lipinski definition) is 1. The molecule has 1 heterocycles. The van der Waals surface area contributed by atoms with Gasteiger partial charge in [-0.3, -0.25) is 9.59 Å². The van der Waals surface area contributed by atoms with E-state index in [9.17, 15) is 9.59 Å². The maximum absolute atomic E-state index is 12.9. The van der Waals surface area contributed by atoms with Gasteiger partial charge in [0.2, 0.25) is 11.8 Å². The van der Waals surface area contributed by atoms with Crippen molar-refractivity contribution >= 4 is 11.8 Å². The van der Waals surface area contributed by atoms with Crippen molar-refractivity contribution in [2.75, 3.05) is 33.4 Å². The Morgan fingerprint density at radius 2 is 1.88 bits per heavy atom. The monoisotopic (exact) mass is 358 g/mol. The van der Waals surface area contributed by atoms with Crippen molar-refractivity contribution in [2.45, 2.75) is 38.5 Å². The molecule has 0 unspecified atom stereocenters. The summed E-state index contributed by atoms with van der Waals surface area (Å²) in [7, 11) is 1.65. The van der Waals surface area contributed by atoms with Gasteiger partial charge in [-0.05, 0) is 50.0 Å². The summed E-state index contributed by atoms with van der Waals surface area (Å²) in [5, 5.41) is 2.92. The van der Waals surface area contributed by atoms with Gasteiger partial charge in [-0.1, -0.05) is 30.3 Å². The molecular formula is C21H30N2O3. The van der Waals surface area contributed by atoms with E-state index in [-0.39, 0.29) is 11.8 Å². The second-order valence-corrected chi connectivity index (χ2v) is 7.61. The molecule has 1 saturated carbocycles. The molecule has 2 fully saturated rings. The van der Waals surface area contributed by atoms with Gasteiger partial charge in [0.15, 0.2) is 0 Å². The molecule has 0 spiro atoms. The minimum absolute atomic E-state index is 0.0416. The highest BCUT2D eigenvalue weighted by Crippen LogP contribution is 2.48. The molecule has 1 aliphatic heterocycles. The lowest BCUT2D eigenvalue weighted by molar-refractivity contribution is -0.145. The Kier molecular flexibility index (Phi) is 6.30. The normalized spacial score (nSPS) is 19.2. The Morgan fingerprint density at radius 1 is 1.19 bits per heavy atom. The van der Waals surface area contributed by atoms with E-state index in [0.717, 1.165) is 38.8 Å². The number of carbonyl (C=O) groups excluding carboxylic acids is 2. The fraction of sp³-hybridized carbons (Fsp3) is 0.619. The first-order valence-electron chi connectivity index (χ1n) is 9.76. The molecule has 5 nitrogen and oxygen atoms in total. The quantitative estimate of drug-likeness (QED) is 0.573. The molecule has 2 amide bonds. The summed E-state index contributed by atoms with van der Waals surface area (Å²) in [5.41, 5.74) is 0.589. The van der Waals surface area contributed by atoms with Crippen molar-refractivity contribution in [1.82, 2.24) is 10.2 Å². The second kappa shape index (κ2) is 8.67. The Balaban J connectivity index is 1.46. The minimum atomic E-state index is -0.778. The van der Waals surface area contributed by atoms with E-state index in [0.29, 0.717) is 31.9 Å². The van der Waals surface area contributed by atoms with Crippen LogP contribution in [0.1, 0.15) is 37.7 Å². The predicted octanol–water partition coefficient (Wildman–Crippen LogP) is 2.40. The van der Waals surface area contributed by atoms with Gasteiger partial charge in [-0.15, -0.1) is 0 Å². The predicted molar refractivity (Wildman–Crippen MR) is 101 cm³/mol. The van der Waals surface area contributed by atoms with Crippen LogP contribution in [-0.4, -0.2) is 50.1 Å². The van der Waals surface area contributed by atoms with E-state index in [4.69, 9.17) is 4.74 Å². The first-order chi connectivity index (χ1) is 12.7. The number of benzene rings is 1. The van der Waals surface area contributed by atoms with Crippen LogP contribution in [0.3, 0.4) is 0 Å². The number of nitrogens with one attached hydrogen (secondary N) is 1. The van der Waals surface area contributed by atoms with Crippen LogP contribution in [0.25, 0.3) is 0 Å². The third kappa shape index (κ3) is 4.44. The summed E-state index contributed by atoms with van der Waals surface area (Å²) in [6.07, 6.45) is 5.27. The van der Waals surface area contributed by atoms with Crippen LogP contribution < -0.4 is 5.32 Å². The lowest BCUT2D eigenvalue weighted by Crippen LogP contribution is -2.48. The fourth-order valence-corrected chi connectivity index (χ4v) is 3.84. The molecule has 142 valence electrons. The van der Waals surface area contributed by atoms with Crippen molar-refractivity contribution in [3.63, 3.8) is 0 Å². The van der Waals surface area contributed by atoms with Crippen molar-refractivity contribution in [3.05, 3.63) is 35.9 Å². The van der Waals surface area contributed by atoms with E-state index in [1.54, 1.807) is 7.11 Å². The molecule has 5 heteroatoms. The van der Waals surface area contributed by atoms with Gasteiger partial charge in [0.1, 0.15) is 5.41 Å². The van der Waals surface area contributed by atoms with Crippen molar-refractivity contribution in [3.8, 4) is 0 Å². The number of amides is 2. The molecule has 2 aliphatic rings. The van der Waals surface area contributed by atoms with E-state index < -0.39 is 5.41 Å². The number of hydrogen-bond acceptors (Lipinski definition) is 3. The molecule has 0 atom stereocenters. The Bertz CT molecular complexity index is 605. The van der Waals surface area contributed by atoms with Crippen LogP contribution in [0.4, 0.5) is 0 Å². The molecule has 1 aliphatic carbocycles. The highest BCUT2D eigenvalue weighted by atomic mass is 16.5. The maximum atomic E-state index is 12.9. The zero-order valence-corrected chi connectivity index (χ0v) is 15.7. The molecule has 3 rings (SSSR count). The molecule has 26 heavy (non-hydrogen) atoms. The van der Waals surface area contributed by atoms with Crippen LogP contribution in [0.2, 0.25) is 0 Å². The summed E-state index contributed by atoms with van der Waals surface area (Å²) in [6.45, 7) is 2.74. The summed E-state index contributed by atoms with van der Waals surface area (Å²) >= 11 is 0. The summed E-state index contributed by atoms with van der Waals surface area (Å²) in [6, 6.07) is 10.5. The molecule has 0 bridgehead atoms. The number of likely N-dealkylation sites (tertiary alicyclic amines) is 1. The number of rotatable bonds is 8. The van der Waals surface area contributed by atoms with Crippen LogP contribution in [0.5, 0.6) is 0 Å². The molecule has 1 aromatic rings. The average Bonchev–Trinajstić information content (AvgIpc) is 3.48. The third-order valence-electron chi connectivity index (χ3n) is 5.67. The van der Waals surface area contributed by atoms with Gasteiger partial charge in [0, 0.05) is 33.4 Å². The number of methoxy groups -OCH3 is 1. The topological polar surface area (TPSA) is 58.6 Å². The standard InChI is InChI=1S/C21H30N2O3/c1-26-15-5-12-22-19(24)21(10-11-21)20(25)23-13-8-18(9-14-23)16-17-6-3-2-4-7-17/h2-4,6-7,18H,5,8-16H2,1H3,(H,22,24). The highest BCUT2D eigenvalue weighted by molar-refractivity contribution is 6.07. The molecular weight excluding hydrogens is 328 g/mol. The Morgan fingerprint density at radius 3 is 2.50 bits per heavy atom. The number of carbonyl (C=O) groups is 2. The van der Waals surface area contributed by atoms with Crippen molar-refractivity contribution in [1.29, 1.82) is 0 Å². The highest BCUT2D eigenvalue weighted by Gasteiger charge is 2.57.